The first-order valence-corrected chi connectivity index (χ1v) is 6.68. The van der Waals surface area contributed by atoms with Crippen molar-refractivity contribution in [3.8, 4) is 0 Å². The molecule has 1 saturated heterocycles. The number of nitrogens with zero attached hydrogens (tertiary/aromatic N) is 1. The highest BCUT2D eigenvalue weighted by Crippen LogP contribution is 2.31. The molecular formula is C14H24N2O. The molecule has 3 nitrogen and oxygen atoms in total. The quantitative estimate of drug-likeness (QED) is 0.706. The predicted octanol–water partition coefficient (Wildman–Crippen LogP) is 1.94. The summed E-state index contributed by atoms with van der Waals surface area (Å²) in [7, 11) is 0. The summed E-state index contributed by atoms with van der Waals surface area (Å²) < 4.78 is 0. The number of hydrogen-bond acceptors (Lipinski definition) is 2. The summed E-state index contributed by atoms with van der Waals surface area (Å²) in [5.41, 5.74) is 1.41. The Hall–Kier alpha value is -0.830. The Kier molecular flexibility index (Phi) is 3.57. The molecule has 2 aliphatic rings. The van der Waals surface area contributed by atoms with Gasteiger partial charge in [-0.25, -0.2) is 0 Å². The summed E-state index contributed by atoms with van der Waals surface area (Å²) >= 11 is 0. The summed E-state index contributed by atoms with van der Waals surface area (Å²) in [6.07, 6.45) is 5.56. The van der Waals surface area contributed by atoms with Crippen LogP contribution in [0.4, 0.5) is 0 Å². The van der Waals surface area contributed by atoms with Gasteiger partial charge in [-0.2, -0.15) is 0 Å². The third-order valence-electron chi connectivity index (χ3n) is 4.02. The van der Waals surface area contributed by atoms with Gasteiger partial charge in [0.1, 0.15) is 0 Å². The number of carbonyl (C=O) groups is 1. The van der Waals surface area contributed by atoms with Crippen LogP contribution in [-0.2, 0) is 4.79 Å². The third kappa shape index (κ3) is 2.71. The molecule has 96 valence electrons. The van der Waals surface area contributed by atoms with Gasteiger partial charge in [-0.3, -0.25) is 4.79 Å². The molecule has 0 spiro atoms. The van der Waals surface area contributed by atoms with Gasteiger partial charge in [-0.15, -0.1) is 0 Å². The summed E-state index contributed by atoms with van der Waals surface area (Å²) in [5.74, 6) is 0.294. The maximum Gasteiger partial charge on any atom is 0.240 e. The van der Waals surface area contributed by atoms with Crippen LogP contribution in [0.25, 0.3) is 0 Å². The van der Waals surface area contributed by atoms with E-state index in [9.17, 15) is 4.79 Å². The highest BCUT2D eigenvalue weighted by molar-refractivity contribution is 5.83. The minimum atomic E-state index is 0.00199. The number of piperidine rings is 1. The van der Waals surface area contributed by atoms with Crippen LogP contribution >= 0.6 is 0 Å². The molecule has 2 aliphatic heterocycles. The zero-order chi connectivity index (χ0) is 12.5. The number of hydrogen-bond donors (Lipinski definition) is 1. The lowest BCUT2D eigenvalue weighted by molar-refractivity contribution is -0.137. The number of nitrogens with one attached hydrogen (secondary N) is 1. The Morgan fingerprint density at radius 3 is 2.94 bits per heavy atom. The lowest BCUT2D eigenvalue weighted by Gasteiger charge is -2.41. The van der Waals surface area contributed by atoms with Crippen LogP contribution in [0.2, 0.25) is 0 Å². The van der Waals surface area contributed by atoms with Crippen LogP contribution in [0.1, 0.15) is 40.0 Å². The molecule has 1 amide bonds. The molecule has 0 bridgehead atoms. The van der Waals surface area contributed by atoms with E-state index >= 15 is 0 Å². The molecule has 0 aromatic carbocycles. The minimum absolute atomic E-state index is 0.00199. The predicted molar refractivity (Wildman–Crippen MR) is 69.8 cm³/mol. The second-order valence-corrected chi connectivity index (χ2v) is 6.08. The Bertz CT molecular complexity index is 333. The molecule has 1 fully saturated rings. The Morgan fingerprint density at radius 1 is 1.53 bits per heavy atom. The molecule has 2 rings (SSSR count). The molecule has 0 aromatic heterocycles. The van der Waals surface area contributed by atoms with Gasteiger partial charge in [-0.05, 0) is 38.1 Å². The fraction of sp³-hybridized carbons (Fsp3) is 0.786. The molecule has 17 heavy (non-hydrogen) atoms. The van der Waals surface area contributed by atoms with Crippen molar-refractivity contribution in [3.05, 3.63) is 11.6 Å². The molecule has 2 heterocycles. The van der Waals surface area contributed by atoms with Gasteiger partial charge >= 0.3 is 0 Å². The van der Waals surface area contributed by atoms with Gasteiger partial charge in [-0.1, -0.05) is 25.5 Å². The van der Waals surface area contributed by atoms with Gasteiger partial charge in [0.15, 0.2) is 0 Å². The number of carbonyl (C=O) groups excluding carboxylic acids is 1. The van der Waals surface area contributed by atoms with Crippen LogP contribution in [0.3, 0.4) is 0 Å². The Morgan fingerprint density at radius 2 is 2.29 bits per heavy atom. The highest BCUT2D eigenvalue weighted by atomic mass is 16.2. The molecule has 0 aromatic rings. The van der Waals surface area contributed by atoms with E-state index in [1.54, 1.807) is 0 Å². The van der Waals surface area contributed by atoms with Crippen LogP contribution in [0.5, 0.6) is 0 Å². The van der Waals surface area contributed by atoms with E-state index in [4.69, 9.17) is 0 Å². The summed E-state index contributed by atoms with van der Waals surface area (Å²) in [4.78, 5) is 14.6. The maximum absolute atomic E-state index is 12.6. The zero-order valence-corrected chi connectivity index (χ0v) is 11.3. The van der Waals surface area contributed by atoms with Crippen molar-refractivity contribution in [2.24, 2.45) is 5.41 Å². The van der Waals surface area contributed by atoms with E-state index in [2.05, 4.69) is 32.2 Å². The van der Waals surface area contributed by atoms with E-state index in [0.29, 0.717) is 5.91 Å². The first-order valence-electron chi connectivity index (χ1n) is 6.68. The molecular weight excluding hydrogens is 212 g/mol. The van der Waals surface area contributed by atoms with Crippen LogP contribution in [0, 0.1) is 5.41 Å². The fourth-order valence-electron chi connectivity index (χ4n) is 2.91. The van der Waals surface area contributed by atoms with Crippen LogP contribution in [-0.4, -0.2) is 36.5 Å². The lowest BCUT2D eigenvalue weighted by Crippen LogP contribution is -2.57. The monoisotopic (exact) mass is 236 g/mol. The van der Waals surface area contributed by atoms with Crippen molar-refractivity contribution >= 4 is 5.91 Å². The smallest absolute Gasteiger partial charge is 0.240 e. The average molecular weight is 236 g/mol. The van der Waals surface area contributed by atoms with E-state index in [1.165, 1.54) is 12.0 Å². The highest BCUT2D eigenvalue weighted by Gasteiger charge is 2.39. The van der Waals surface area contributed by atoms with Crippen molar-refractivity contribution in [2.75, 3.05) is 19.6 Å². The first-order chi connectivity index (χ1) is 8.00. The van der Waals surface area contributed by atoms with E-state index in [1.807, 2.05) is 4.90 Å². The van der Waals surface area contributed by atoms with E-state index < -0.39 is 0 Å². The van der Waals surface area contributed by atoms with Gasteiger partial charge in [0.25, 0.3) is 0 Å². The molecule has 1 atom stereocenters. The summed E-state index contributed by atoms with van der Waals surface area (Å²) in [5, 5.41) is 3.41. The van der Waals surface area contributed by atoms with Gasteiger partial charge < -0.3 is 10.2 Å². The third-order valence-corrected chi connectivity index (χ3v) is 4.02. The zero-order valence-electron chi connectivity index (χ0n) is 11.3. The molecule has 0 aliphatic carbocycles. The molecule has 0 radical (unpaired) electrons. The largest absolute Gasteiger partial charge is 0.337 e. The number of amides is 1. The first kappa shape index (κ1) is 12.6. The minimum Gasteiger partial charge on any atom is -0.337 e. The Labute approximate surface area is 104 Å². The SMILES string of the molecule is CC1=CCCN(C(=O)C2NCCCC2(C)C)C1. The van der Waals surface area contributed by atoms with Gasteiger partial charge in [0, 0.05) is 13.1 Å². The van der Waals surface area contributed by atoms with Crippen molar-refractivity contribution in [1.82, 2.24) is 10.2 Å². The lowest BCUT2D eigenvalue weighted by atomic mass is 9.77. The van der Waals surface area contributed by atoms with Crippen molar-refractivity contribution in [3.63, 3.8) is 0 Å². The topological polar surface area (TPSA) is 32.3 Å². The maximum atomic E-state index is 12.6. The van der Waals surface area contributed by atoms with E-state index in [-0.39, 0.29) is 11.5 Å². The molecule has 1 N–H and O–H groups in total. The second-order valence-electron chi connectivity index (χ2n) is 6.08. The van der Waals surface area contributed by atoms with Crippen LogP contribution in [0.15, 0.2) is 11.6 Å². The number of rotatable bonds is 1. The normalized spacial score (nSPS) is 28.8. The standard InChI is InChI=1S/C14H24N2O/c1-11-6-4-9-16(10-11)13(17)12-14(2,3)7-5-8-15-12/h6,12,15H,4-5,7-10H2,1-3H3. The average Bonchev–Trinajstić information content (AvgIpc) is 2.27. The van der Waals surface area contributed by atoms with Crippen molar-refractivity contribution in [1.29, 1.82) is 0 Å². The second kappa shape index (κ2) is 4.81. The Balaban J connectivity index is 2.06. The molecule has 0 saturated carbocycles. The molecule has 3 heteroatoms. The van der Waals surface area contributed by atoms with Gasteiger partial charge in [0.2, 0.25) is 5.91 Å². The van der Waals surface area contributed by atoms with Gasteiger partial charge in [0.05, 0.1) is 6.04 Å². The summed E-state index contributed by atoms with van der Waals surface area (Å²) in [6.45, 7) is 9.18. The van der Waals surface area contributed by atoms with Crippen LogP contribution < -0.4 is 5.32 Å². The van der Waals surface area contributed by atoms with E-state index in [0.717, 1.165) is 32.5 Å². The molecule has 1 unspecified atom stereocenters. The van der Waals surface area contributed by atoms with Crippen molar-refractivity contribution < 1.29 is 4.79 Å². The van der Waals surface area contributed by atoms with Crippen molar-refractivity contribution in [2.45, 2.75) is 46.1 Å². The fourth-order valence-corrected chi connectivity index (χ4v) is 2.91. The summed E-state index contributed by atoms with van der Waals surface area (Å²) in [6, 6.07) is 0.00199.